The number of rotatable bonds is 2. The Morgan fingerprint density at radius 1 is 1.06 bits per heavy atom. The Morgan fingerprint density at radius 2 is 1.50 bits per heavy atom. The number of carbonyl (C=O) groups is 1. The SMILES string of the molecule is CC.CC.CNCC(=O)N1CCN(C)CC1. The van der Waals surface area contributed by atoms with E-state index in [4.69, 9.17) is 0 Å². The predicted molar refractivity (Wildman–Crippen MR) is 70.7 cm³/mol. The minimum Gasteiger partial charge on any atom is -0.339 e. The third kappa shape index (κ3) is 7.65. The molecule has 1 aliphatic heterocycles. The van der Waals surface area contributed by atoms with Crippen molar-refractivity contribution < 1.29 is 4.79 Å². The van der Waals surface area contributed by atoms with E-state index in [2.05, 4.69) is 17.3 Å². The van der Waals surface area contributed by atoms with Crippen LogP contribution in [-0.4, -0.2) is 62.5 Å². The van der Waals surface area contributed by atoms with Crippen LogP contribution in [0.4, 0.5) is 0 Å². The molecule has 1 aliphatic rings. The summed E-state index contributed by atoms with van der Waals surface area (Å²) in [6, 6.07) is 0. The van der Waals surface area contributed by atoms with Crippen molar-refractivity contribution in [2.75, 3.05) is 46.8 Å². The number of likely N-dealkylation sites (N-methyl/N-ethyl adjacent to an activating group) is 2. The highest BCUT2D eigenvalue weighted by Gasteiger charge is 2.17. The molecule has 16 heavy (non-hydrogen) atoms. The maximum absolute atomic E-state index is 11.3. The van der Waals surface area contributed by atoms with Gasteiger partial charge in [-0.05, 0) is 14.1 Å². The molecular formula is C12H29N3O. The highest BCUT2D eigenvalue weighted by Crippen LogP contribution is 1.98. The fourth-order valence-corrected chi connectivity index (χ4v) is 1.32. The quantitative estimate of drug-likeness (QED) is 0.771. The summed E-state index contributed by atoms with van der Waals surface area (Å²) in [4.78, 5) is 15.5. The van der Waals surface area contributed by atoms with Crippen LogP contribution in [0.15, 0.2) is 0 Å². The second kappa shape index (κ2) is 12.5. The van der Waals surface area contributed by atoms with Gasteiger partial charge in [-0.2, -0.15) is 0 Å². The van der Waals surface area contributed by atoms with E-state index < -0.39 is 0 Å². The largest absolute Gasteiger partial charge is 0.339 e. The zero-order chi connectivity index (χ0) is 13.0. The van der Waals surface area contributed by atoms with Gasteiger partial charge in [0, 0.05) is 26.2 Å². The lowest BCUT2D eigenvalue weighted by Gasteiger charge is -2.32. The first kappa shape index (κ1) is 17.8. The van der Waals surface area contributed by atoms with Crippen molar-refractivity contribution in [2.45, 2.75) is 27.7 Å². The number of nitrogens with zero attached hydrogens (tertiary/aromatic N) is 2. The molecule has 1 fully saturated rings. The second-order valence-corrected chi connectivity index (χ2v) is 3.21. The van der Waals surface area contributed by atoms with Crippen molar-refractivity contribution in [3.8, 4) is 0 Å². The summed E-state index contributed by atoms with van der Waals surface area (Å²) in [5.41, 5.74) is 0. The molecule has 0 aliphatic carbocycles. The van der Waals surface area contributed by atoms with Crippen molar-refractivity contribution in [1.29, 1.82) is 0 Å². The normalized spacial score (nSPS) is 15.5. The molecule has 1 rings (SSSR count). The molecule has 98 valence electrons. The third-order valence-electron chi connectivity index (χ3n) is 2.18. The first-order valence-electron chi connectivity index (χ1n) is 6.35. The van der Waals surface area contributed by atoms with Crippen molar-refractivity contribution in [2.24, 2.45) is 0 Å². The monoisotopic (exact) mass is 231 g/mol. The van der Waals surface area contributed by atoms with Crippen LogP contribution in [-0.2, 0) is 4.79 Å². The van der Waals surface area contributed by atoms with Crippen LogP contribution >= 0.6 is 0 Å². The molecule has 0 bridgehead atoms. The van der Waals surface area contributed by atoms with Gasteiger partial charge in [0.05, 0.1) is 6.54 Å². The molecule has 0 radical (unpaired) electrons. The van der Waals surface area contributed by atoms with Gasteiger partial charge in [0.2, 0.25) is 5.91 Å². The molecule has 1 amide bonds. The molecule has 1 saturated heterocycles. The van der Waals surface area contributed by atoms with Crippen LogP contribution in [0.2, 0.25) is 0 Å². The van der Waals surface area contributed by atoms with Crippen LogP contribution < -0.4 is 5.32 Å². The molecule has 0 unspecified atom stereocenters. The van der Waals surface area contributed by atoms with Gasteiger partial charge in [-0.1, -0.05) is 27.7 Å². The molecule has 4 heteroatoms. The maximum Gasteiger partial charge on any atom is 0.236 e. The fraction of sp³-hybridized carbons (Fsp3) is 0.917. The van der Waals surface area contributed by atoms with Crippen LogP contribution in [0.3, 0.4) is 0 Å². The molecule has 1 N–H and O–H groups in total. The molecule has 0 aromatic rings. The first-order valence-corrected chi connectivity index (χ1v) is 6.35. The standard InChI is InChI=1S/C8H17N3O.2C2H6/c1-9-7-8(12)11-5-3-10(2)4-6-11;2*1-2/h9H,3-7H2,1-2H3;2*1-2H3. The summed E-state index contributed by atoms with van der Waals surface area (Å²) in [7, 11) is 3.88. The summed E-state index contributed by atoms with van der Waals surface area (Å²) in [6.07, 6.45) is 0. The molecule has 0 aromatic carbocycles. The van der Waals surface area contributed by atoms with Crippen LogP contribution in [0.5, 0.6) is 0 Å². The minimum absolute atomic E-state index is 0.214. The Balaban J connectivity index is 0. The van der Waals surface area contributed by atoms with E-state index in [0.717, 1.165) is 26.2 Å². The lowest BCUT2D eigenvalue weighted by Crippen LogP contribution is -2.49. The molecule has 0 aromatic heterocycles. The number of nitrogens with one attached hydrogen (secondary N) is 1. The summed E-state index contributed by atoms with van der Waals surface area (Å²) >= 11 is 0. The van der Waals surface area contributed by atoms with Crippen molar-refractivity contribution in [3.63, 3.8) is 0 Å². The van der Waals surface area contributed by atoms with Crippen LogP contribution in [0, 0.1) is 0 Å². The van der Waals surface area contributed by atoms with E-state index in [0.29, 0.717) is 6.54 Å². The topological polar surface area (TPSA) is 35.6 Å². The van der Waals surface area contributed by atoms with Gasteiger partial charge in [0.15, 0.2) is 0 Å². The van der Waals surface area contributed by atoms with Gasteiger partial charge in [-0.3, -0.25) is 4.79 Å². The van der Waals surface area contributed by atoms with E-state index in [1.54, 1.807) is 7.05 Å². The zero-order valence-electron chi connectivity index (χ0n) is 11.8. The summed E-state index contributed by atoms with van der Waals surface area (Å²) in [5, 5.41) is 2.87. The highest BCUT2D eigenvalue weighted by atomic mass is 16.2. The Labute approximate surface area is 101 Å². The number of carbonyl (C=O) groups excluding carboxylic acids is 1. The average Bonchev–Trinajstić information content (AvgIpc) is 2.35. The van der Waals surface area contributed by atoms with Crippen molar-refractivity contribution in [3.05, 3.63) is 0 Å². The van der Waals surface area contributed by atoms with E-state index in [-0.39, 0.29) is 5.91 Å². The molecule has 0 saturated carbocycles. The third-order valence-corrected chi connectivity index (χ3v) is 2.18. The van der Waals surface area contributed by atoms with Crippen molar-refractivity contribution in [1.82, 2.24) is 15.1 Å². The molecule has 1 heterocycles. The molecule has 4 nitrogen and oxygen atoms in total. The van der Waals surface area contributed by atoms with Gasteiger partial charge in [-0.15, -0.1) is 0 Å². The Hall–Kier alpha value is -0.610. The first-order chi connectivity index (χ1) is 7.74. The van der Waals surface area contributed by atoms with Gasteiger partial charge in [0.25, 0.3) is 0 Å². The van der Waals surface area contributed by atoms with Gasteiger partial charge in [0.1, 0.15) is 0 Å². The van der Waals surface area contributed by atoms with Gasteiger partial charge >= 0.3 is 0 Å². The van der Waals surface area contributed by atoms with Gasteiger partial charge < -0.3 is 15.1 Å². The smallest absolute Gasteiger partial charge is 0.236 e. The highest BCUT2D eigenvalue weighted by molar-refractivity contribution is 5.78. The summed E-state index contributed by atoms with van der Waals surface area (Å²) in [5.74, 6) is 0.214. The minimum atomic E-state index is 0.214. The number of hydrogen-bond acceptors (Lipinski definition) is 3. The number of amides is 1. The Kier molecular flexibility index (Phi) is 13.8. The van der Waals surface area contributed by atoms with E-state index >= 15 is 0 Å². The van der Waals surface area contributed by atoms with E-state index in [1.807, 2.05) is 32.6 Å². The average molecular weight is 231 g/mol. The number of piperazine rings is 1. The van der Waals surface area contributed by atoms with Crippen molar-refractivity contribution >= 4 is 5.91 Å². The number of hydrogen-bond donors (Lipinski definition) is 1. The second-order valence-electron chi connectivity index (χ2n) is 3.21. The summed E-state index contributed by atoms with van der Waals surface area (Å²) in [6.45, 7) is 12.2. The predicted octanol–water partition coefficient (Wildman–Crippen LogP) is 1.03. The van der Waals surface area contributed by atoms with E-state index in [1.165, 1.54) is 0 Å². The zero-order valence-corrected chi connectivity index (χ0v) is 11.8. The van der Waals surface area contributed by atoms with Crippen LogP contribution in [0.25, 0.3) is 0 Å². The Bertz CT molecular complexity index is 154. The fourth-order valence-electron chi connectivity index (χ4n) is 1.32. The van der Waals surface area contributed by atoms with Gasteiger partial charge in [-0.25, -0.2) is 0 Å². The molecular weight excluding hydrogens is 202 g/mol. The lowest BCUT2D eigenvalue weighted by molar-refractivity contribution is -0.131. The molecule has 0 spiro atoms. The maximum atomic E-state index is 11.3. The van der Waals surface area contributed by atoms with E-state index in [9.17, 15) is 4.79 Å². The summed E-state index contributed by atoms with van der Waals surface area (Å²) < 4.78 is 0. The van der Waals surface area contributed by atoms with Crippen LogP contribution in [0.1, 0.15) is 27.7 Å². The molecule has 0 atom stereocenters. The Morgan fingerprint density at radius 3 is 1.88 bits per heavy atom. The lowest BCUT2D eigenvalue weighted by atomic mass is 10.3.